The van der Waals surface area contributed by atoms with E-state index >= 15 is 0 Å². The minimum Gasteiger partial charge on any atom is -0.361 e. The summed E-state index contributed by atoms with van der Waals surface area (Å²) in [5.41, 5.74) is 0.874. The summed E-state index contributed by atoms with van der Waals surface area (Å²) in [6.07, 6.45) is 7.12. The third-order valence-electron chi connectivity index (χ3n) is 5.39. The summed E-state index contributed by atoms with van der Waals surface area (Å²) in [6, 6.07) is 20.2. The molecule has 1 N–H and O–H groups in total. The lowest BCUT2D eigenvalue weighted by atomic mass is 9.90. The second-order valence-corrected chi connectivity index (χ2v) is 7.40. The molecule has 2 aromatic rings. The van der Waals surface area contributed by atoms with Gasteiger partial charge in [0.1, 0.15) is 0 Å². The second kappa shape index (κ2) is 7.87. The number of ether oxygens (including phenoxy) is 2. The molecule has 1 aliphatic heterocycles. The quantitative estimate of drug-likeness (QED) is 0.708. The maximum atomic E-state index is 11.3. The van der Waals surface area contributed by atoms with Gasteiger partial charge in [-0.15, -0.1) is 0 Å². The molecule has 2 aliphatic rings. The Balaban J connectivity index is 1.74. The number of nitrogens with zero attached hydrogens (tertiary/aromatic N) is 2. The van der Waals surface area contributed by atoms with Crippen molar-refractivity contribution in [2.24, 2.45) is 10.9 Å². The van der Waals surface area contributed by atoms with Crippen LogP contribution >= 0.6 is 0 Å². The summed E-state index contributed by atoms with van der Waals surface area (Å²) in [6.45, 7) is 0.925. The van der Waals surface area contributed by atoms with Crippen LogP contribution in [0.3, 0.4) is 0 Å². The van der Waals surface area contributed by atoms with Crippen LogP contribution in [-0.4, -0.2) is 43.0 Å². The predicted octanol–water partition coefficient (Wildman–Crippen LogP) is 3.92. The first-order chi connectivity index (χ1) is 13.7. The van der Waals surface area contributed by atoms with Gasteiger partial charge in [-0.1, -0.05) is 36.4 Å². The van der Waals surface area contributed by atoms with Gasteiger partial charge in [-0.05, 0) is 49.1 Å². The van der Waals surface area contributed by atoms with Crippen molar-refractivity contribution in [2.45, 2.75) is 24.2 Å². The molecule has 5 heteroatoms. The lowest BCUT2D eigenvalue weighted by Crippen LogP contribution is -2.63. The molecule has 2 atom stereocenters. The molecule has 2 aromatic carbocycles. The van der Waals surface area contributed by atoms with Gasteiger partial charge in [0, 0.05) is 30.9 Å². The van der Waals surface area contributed by atoms with Crippen molar-refractivity contribution in [3.05, 3.63) is 72.9 Å². The molecule has 0 radical (unpaired) electrons. The first-order valence-corrected chi connectivity index (χ1v) is 9.67. The van der Waals surface area contributed by atoms with Gasteiger partial charge in [-0.25, -0.2) is 0 Å². The summed E-state index contributed by atoms with van der Waals surface area (Å²) < 4.78 is 11.9. The van der Waals surface area contributed by atoms with Crippen LogP contribution in [0.2, 0.25) is 0 Å². The topological polar surface area (TPSA) is 54.3 Å². The Hall–Kier alpha value is -2.47. The van der Waals surface area contributed by atoms with Crippen molar-refractivity contribution >= 4 is 17.6 Å². The van der Waals surface area contributed by atoms with E-state index in [4.69, 9.17) is 9.47 Å². The lowest BCUT2D eigenvalue weighted by Gasteiger charge is -2.45. The number of aliphatic imine (C=N–C) groups is 1. The van der Waals surface area contributed by atoms with E-state index in [1.54, 1.807) is 18.5 Å². The van der Waals surface area contributed by atoms with Gasteiger partial charge in [-0.3, -0.25) is 4.99 Å². The highest BCUT2D eigenvalue weighted by Crippen LogP contribution is 2.38. The van der Waals surface area contributed by atoms with E-state index in [1.165, 1.54) is 7.11 Å². The van der Waals surface area contributed by atoms with Gasteiger partial charge in [0.2, 0.25) is 5.79 Å². The first kappa shape index (κ1) is 18.9. The zero-order valence-corrected chi connectivity index (χ0v) is 16.1. The summed E-state index contributed by atoms with van der Waals surface area (Å²) >= 11 is 0. The minimum absolute atomic E-state index is 0.353. The van der Waals surface area contributed by atoms with Crippen molar-refractivity contribution < 1.29 is 14.6 Å². The van der Waals surface area contributed by atoms with Crippen LogP contribution in [0.25, 0.3) is 0 Å². The van der Waals surface area contributed by atoms with Crippen molar-refractivity contribution in [2.75, 3.05) is 25.2 Å². The molecule has 0 saturated heterocycles. The van der Waals surface area contributed by atoms with Gasteiger partial charge in [0.05, 0.1) is 13.2 Å². The number of hydrogen-bond acceptors (Lipinski definition) is 5. The monoisotopic (exact) mass is 378 g/mol. The van der Waals surface area contributed by atoms with E-state index < -0.39 is 11.4 Å². The molecule has 1 aliphatic carbocycles. The minimum atomic E-state index is -1.61. The Kier molecular flexibility index (Phi) is 5.31. The van der Waals surface area contributed by atoms with Crippen LogP contribution in [0.1, 0.15) is 12.8 Å². The van der Waals surface area contributed by atoms with E-state index in [9.17, 15) is 5.11 Å². The van der Waals surface area contributed by atoms with E-state index in [0.29, 0.717) is 19.1 Å². The third kappa shape index (κ3) is 3.74. The average Bonchev–Trinajstić information content (AvgIpc) is 3.58. The largest absolute Gasteiger partial charge is 0.361 e. The molecular weight excluding hydrogens is 352 g/mol. The van der Waals surface area contributed by atoms with E-state index in [0.717, 1.165) is 24.2 Å². The van der Waals surface area contributed by atoms with Crippen LogP contribution in [0.5, 0.6) is 0 Å². The van der Waals surface area contributed by atoms with E-state index in [1.807, 2.05) is 60.7 Å². The zero-order chi connectivity index (χ0) is 19.5. The molecule has 1 heterocycles. The fourth-order valence-electron chi connectivity index (χ4n) is 3.46. The molecule has 1 saturated carbocycles. The zero-order valence-electron chi connectivity index (χ0n) is 16.1. The fourth-order valence-corrected chi connectivity index (χ4v) is 3.46. The van der Waals surface area contributed by atoms with Gasteiger partial charge < -0.3 is 19.5 Å². The summed E-state index contributed by atoms with van der Waals surface area (Å²) in [5, 5.41) is 11.3. The molecule has 4 rings (SSSR count). The number of methoxy groups -OCH3 is 1. The van der Waals surface area contributed by atoms with E-state index in [2.05, 4.69) is 9.89 Å². The summed E-state index contributed by atoms with van der Waals surface area (Å²) in [4.78, 5) is 6.44. The number of anilines is 2. The average molecular weight is 378 g/mol. The second-order valence-electron chi connectivity index (χ2n) is 7.40. The maximum Gasteiger partial charge on any atom is 0.224 e. The number of para-hydroxylation sites is 2. The van der Waals surface area contributed by atoms with E-state index in [-0.39, 0.29) is 0 Å². The highest BCUT2D eigenvalue weighted by Gasteiger charge is 2.53. The molecule has 0 amide bonds. The van der Waals surface area contributed by atoms with Crippen LogP contribution < -0.4 is 4.90 Å². The third-order valence-corrected chi connectivity index (χ3v) is 5.39. The molecule has 2 unspecified atom stereocenters. The molecule has 0 spiro atoms. The van der Waals surface area contributed by atoms with Crippen molar-refractivity contribution in [1.82, 2.24) is 0 Å². The predicted molar refractivity (Wildman–Crippen MR) is 111 cm³/mol. The SMILES string of the molecule is COC1(O)C=CN=CC1(CN(c1ccccc1)c1ccccc1)OCC1CC1. The highest BCUT2D eigenvalue weighted by molar-refractivity contribution is 5.76. The maximum absolute atomic E-state index is 11.3. The number of aliphatic hydroxyl groups is 1. The molecule has 0 bridgehead atoms. The number of hydrogen-bond donors (Lipinski definition) is 1. The van der Waals surface area contributed by atoms with Crippen molar-refractivity contribution in [3.63, 3.8) is 0 Å². The standard InChI is InChI=1S/C23H26N2O3/c1-27-23(26)14-15-24-17-22(23,28-16-19-12-13-19)18-25(20-8-4-2-5-9-20)21-10-6-3-7-11-21/h2-11,14-15,17,19,26H,12-13,16,18H2,1H3. The Morgan fingerprint density at radius 2 is 1.64 bits per heavy atom. The van der Waals surface area contributed by atoms with Crippen LogP contribution in [0, 0.1) is 5.92 Å². The van der Waals surface area contributed by atoms with Crippen LogP contribution in [-0.2, 0) is 9.47 Å². The molecule has 28 heavy (non-hydrogen) atoms. The summed E-state index contributed by atoms with van der Waals surface area (Å²) in [5.74, 6) is -1.06. The van der Waals surface area contributed by atoms with Crippen LogP contribution in [0.4, 0.5) is 11.4 Å². The number of rotatable bonds is 8. The van der Waals surface area contributed by atoms with Gasteiger partial charge in [-0.2, -0.15) is 0 Å². The first-order valence-electron chi connectivity index (χ1n) is 9.67. The molecule has 1 fully saturated rings. The molecule has 146 valence electrons. The highest BCUT2D eigenvalue weighted by atomic mass is 16.7. The lowest BCUT2D eigenvalue weighted by molar-refractivity contribution is -0.244. The van der Waals surface area contributed by atoms with Crippen LogP contribution in [0.15, 0.2) is 77.9 Å². The van der Waals surface area contributed by atoms with Crippen molar-refractivity contribution in [3.8, 4) is 0 Å². The normalized spacial score (nSPS) is 26.4. The Bertz CT molecular complexity index is 796. The summed E-state index contributed by atoms with van der Waals surface area (Å²) in [7, 11) is 1.49. The smallest absolute Gasteiger partial charge is 0.224 e. The molecule has 0 aromatic heterocycles. The Labute approximate surface area is 165 Å². The van der Waals surface area contributed by atoms with Gasteiger partial charge in [0.15, 0.2) is 5.60 Å². The fraction of sp³-hybridized carbons (Fsp3) is 0.348. The van der Waals surface area contributed by atoms with Gasteiger partial charge >= 0.3 is 0 Å². The number of benzene rings is 2. The van der Waals surface area contributed by atoms with Crippen molar-refractivity contribution in [1.29, 1.82) is 0 Å². The van der Waals surface area contributed by atoms with Gasteiger partial charge in [0.25, 0.3) is 0 Å². The Morgan fingerprint density at radius 3 is 2.18 bits per heavy atom. The Morgan fingerprint density at radius 1 is 1.04 bits per heavy atom. The molecular formula is C23H26N2O3. The molecule has 5 nitrogen and oxygen atoms in total.